The molecule has 2 aliphatic heterocycles. The predicted octanol–water partition coefficient (Wildman–Crippen LogP) is 0.247. The fraction of sp³-hybridized carbons (Fsp3) is 0.917. The first-order valence-electron chi connectivity index (χ1n) is 6.65. The molecule has 0 aromatic heterocycles. The van der Waals surface area contributed by atoms with E-state index in [2.05, 4.69) is 10.2 Å². The van der Waals surface area contributed by atoms with Crippen molar-refractivity contribution < 1.29 is 4.79 Å². The largest absolute Gasteiger partial charge is 0.340 e. The van der Waals surface area contributed by atoms with E-state index in [-0.39, 0.29) is 0 Å². The second-order valence-corrected chi connectivity index (χ2v) is 5.95. The quantitative estimate of drug-likeness (QED) is 0.769. The highest BCUT2D eigenvalue weighted by Gasteiger charge is 2.19. The van der Waals surface area contributed by atoms with Crippen molar-refractivity contribution in [2.24, 2.45) is 0 Å². The van der Waals surface area contributed by atoms with Crippen LogP contribution in [0.3, 0.4) is 0 Å². The first-order chi connectivity index (χ1) is 8.36. The Kier molecular flexibility index (Phi) is 5.61. The van der Waals surface area contributed by atoms with Crippen molar-refractivity contribution in [2.75, 3.05) is 57.3 Å². The summed E-state index contributed by atoms with van der Waals surface area (Å²) in [5, 5.41) is 3.33. The average molecular weight is 257 g/mol. The van der Waals surface area contributed by atoms with E-state index in [1.165, 1.54) is 17.9 Å². The number of hydrogen-bond acceptors (Lipinski definition) is 4. The zero-order chi connectivity index (χ0) is 11.9. The molecule has 17 heavy (non-hydrogen) atoms. The third-order valence-corrected chi connectivity index (χ3v) is 4.42. The van der Waals surface area contributed by atoms with Crippen LogP contribution in [0.4, 0.5) is 0 Å². The molecule has 4 nitrogen and oxygen atoms in total. The molecule has 98 valence electrons. The standard InChI is InChI=1S/C12H23N3OS/c16-12(15-6-1-3-13-4-7-15)11-14-5-2-9-17-10-8-14/h13H,1-11H2. The molecular weight excluding hydrogens is 234 g/mol. The lowest BCUT2D eigenvalue weighted by atomic mass is 10.3. The molecule has 0 bridgehead atoms. The predicted molar refractivity (Wildman–Crippen MR) is 72.4 cm³/mol. The second-order valence-electron chi connectivity index (χ2n) is 4.73. The molecule has 2 aliphatic rings. The number of nitrogens with zero attached hydrogens (tertiary/aromatic N) is 2. The fourth-order valence-corrected chi connectivity index (χ4v) is 3.27. The van der Waals surface area contributed by atoms with Gasteiger partial charge in [-0.2, -0.15) is 11.8 Å². The van der Waals surface area contributed by atoms with Gasteiger partial charge in [0.05, 0.1) is 6.54 Å². The molecule has 0 unspecified atom stereocenters. The molecule has 5 heteroatoms. The van der Waals surface area contributed by atoms with Gasteiger partial charge in [-0.05, 0) is 31.7 Å². The zero-order valence-corrected chi connectivity index (χ0v) is 11.3. The molecule has 1 N–H and O–H groups in total. The number of thioether (sulfide) groups is 1. The summed E-state index contributed by atoms with van der Waals surface area (Å²) in [7, 11) is 0. The number of carbonyl (C=O) groups excluding carboxylic acids is 1. The normalized spacial score (nSPS) is 24.1. The summed E-state index contributed by atoms with van der Waals surface area (Å²) in [6, 6.07) is 0. The molecule has 0 aliphatic carbocycles. The first-order valence-corrected chi connectivity index (χ1v) is 7.80. The molecule has 2 rings (SSSR count). The number of hydrogen-bond donors (Lipinski definition) is 1. The van der Waals surface area contributed by atoms with Crippen molar-refractivity contribution >= 4 is 17.7 Å². The molecule has 0 radical (unpaired) electrons. The van der Waals surface area contributed by atoms with Crippen molar-refractivity contribution in [3.05, 3.63) is 0 Å². The lowest BCUT2D eigenvalue weighted by Crippen LogP contribution is -2.42. The van der Waals surface area contributed by atoms with Crippen molar-refractivity contribution in [3.63, 3.8) is 0 Å². The van der Waals surface area contributed by atoms with E-state index in [0.717, 1.165) is 45.7 Å². The van der Waals surface area contributed by atoms with Crippen LogP contribution in [0.15, 0.2) is 0 Å². The van der Waals surface area contributed by atoms with Gasteiger partial charge in [0.15, 0.2) is 0 Å². The molecule has 0 aromatic rings. The maximum absolute atomic E-state index is 12.2. The van der Waals surface area contributed by atoms with Crippen molar-refractivity contribution in [1.82, 2.24) is 15.1 Å². The minimum absolute atomic E-state index is 0.320. The van der Waals surface area contributed by atoms with Crippen molar-refractivity contribution in [2.45, 2.75) is 12.8 Å². The van der Waals surface area contributed by atoms with Crippen LogP contribution >= 0.6 is 11.8 Å². The smallest absolute Gasteiger partial charge is 0.236 e. The fourth-order valence-electron chi connectivity index (χ4n) is 2.34. The van der Waals surface area contributed by atoms with Gasteiger partial charge >= 0.3 is 0 Å². The number of nitrogens with one attached hydrogen (secondary N) is 1. The molecular formula is C12H23N3OS. The molecule has 1 amide bonds. The van der Waals surface area contributed by atoms with Gasteiger partial charge in [-0.3, -0.25) is 9.69 Å². The lowest BCUT2D eigenvalue weighted by Gasteiger charge is -2.25. The lowest BCUT2D eigenvalue weighted by molar-refractivity contribution is -0.132. The van der Waals surface area contributed by atoms with Crippen LogP contribution in [0.1, 0.15) is 12.8 Å². The maximum Gasteiger partial charge on any atom is 0.236 e. The monoisotopic (exact) mass is 257 g/mol. The Balaban J connectivity index is 1.77. The Labute approximate surface area is 108 Å². The summed E-state index contributed by atoms with van der Waals surface area (Å²) in [4.78, 5) is 16.5. The van der Waals surface area contributed by atoms with Gasteiger partial charge in [-0.25, -0.2) is 0 Å². The van der Waals surface area contributed by atoms with E-state index < -0.39 is 0 Å². The minimum Gasteiger partial charge on any atom is -0.340 e. The number of rotatable bonds is 2. The highest BCUT2D eigenvalue weighted by atomic mass is 32.2. The molecule has 2 fully saturated rings. The maximum atomic E-state index is 12.2. The van der Waals surface area contributed by atoms with Gasteiger partial charge in [0, 0.05) is 31.9 Å². The summed E-state index contributed by atoms with van der Waals surface area (Å²) in [5.74, 6) is 2.74. The Morgan fingerprint density at radius 3 is 2.94 bits per heavy atom. The Morgan fingerprint density at radius 2 is 2.00 bits per heavy atom. The van der Waals surface area contributed by atoms with Gasteiger partial charge in [0.2, 0.25) is 5.91 Å². The third kappa shape index (κ3) is 4.48. The highest BCUT2D eigenvalue weighted by Crippen LogP contribution is 2.10. The molecule has 0 atom stereocenters. The first kappa shape index (κ1) is 13.2. The zero-order valence-electron chi connectivity index (χ0n) is 10.5. The topological polar surface area (TPSA) is 35.6 Å². The minimum atomic E-state index is 0.320. The summed E-state index contributed by atoms with van der Waals surface area (Å²) >= 11 is 2.01. The summed E-state index contributed by atoms with van der Waals surface area (Å²) in [6.07, 6.45) is 2.31. The van der Waals surface area contributed by atoms with E-state index in [4.69, 9.17) is 0 Å². The van der Waals surface area contributed by atoms with Crippen LogP contribution in [-0.2, 0) is 4.79 Å². The molecule has 2 heterocycles. The van der Waals surface area contributed by atoms with E-state index >= 15 is 0 Å². The van der Waals surface area contributed by atoms with E-state index in [0.29, 0.717) is 12.5 Å². The van der Waals surface area contributed by atoms with Gasteiger partial charge < -0.3 is 10.2 Å². The van der Waals surface area contributed by atoms with Gasteiger partial charge in [0.25, 0.3) is 0 Å². The van der Waals surface area contributed by atoms with Crippen LogP contribution in [0.5, 0.6) is 0 Å². The van der Waals surface area contributed by atoms with Crippen LogP contribution in [-0.4, -0.2) is 73.0 Å². The van der Waals surface area contributed by atoms with Crippen LogP contribution in [0.2, 0.25) is 0 Å². The summed E-state index contributed by atoms with van der Waals surface area (Å²) < 4.78 is 0. The third-order valence-electron chi connectivity index (χ3n) is 3.37. The Bertz CT molecular complexity index is 234. The van der Waals surface area contributed by atoms with Gasteiger partial charge in [-0.1, -0.05) is 0 Å². The van der Waals surface area contributed by atoms with Crippen molar-refractivity contribution in [1.29, 1.82) is 0 Å². The van der Waals surface area contributed by atoms with Crippen LogP contribution < -0.4 is 5.32 Å². The molecule has 0 aromatic carbocycles. The second kappa shape index (κ2) is 7.24. The Morgan fingerprint density at radius 1 is 1.06 bits per heavy atom. The summed E-state index contributed by atoms with van der Waals surface area (Å²) in [6.45, 7) is 6.58. The SMILES string of the molecule is O=C(CN1CCCSCC1)N1CCCNCC1. The highest BCUT2D eigenvalue weighted by molar-refractivity contribution is 7.99. The number of amides is 1. The van der Waals surface area contributed by atoms with Crippen molar-refractivity contribution in [3.8, 4) is 0 Å². The molecule has 2 saturated heterocycles. The van der Waals surface area contributed by atoms with E-state index in [9.17, 15) is 4.79 Å². The average Bonchev–Trinajstić information content (AvgIpc) is 2.72. The van der Waals surface area contributed by atoms with E-state index in [1.54, 1.807) is 0 Å². The molecule has 0 saturated carbocycles. The van der Waals surface area contributed by atoms with Gasteiger partial charge in [-0.15, -0.1) is 0 Å². The van der Waals surface area contributed by atoms with Crippen LogP contribution in [0, 0.1) is 0 Å². The summed E-state index contributed by atoms with van der Waals surface area (Å²) in [5.41, 5.74) is 0. The Hall–Kier alpha value is -0.260. The van der Waals surface area contributed by atoms with Crippen LogP contribution in [0.25, 0.3) is 0 Å². The van der Waals surface area contributed by atoms with E-state index in [1.807, 2.05) is 16.7 Å². The number of carbonyl (C=O) groups is 1. The van der Waals surface area contributed by atoms with Gasteiger partial charge in [0.1, 0.15) is 0 Å². The molecule has 0 spiro atoms.